The number of aliphatic hydroxyl groups is 3. The van der Waals surface area contributed by atoms with Crippen LogP contribution in [-0.2, 0) is 0 Å². The molecule has 0 saturated carbocycles. The van der Waals surface area contributed by atoms with Gasteiger partial charge < -0.3 is 15.3 Å². The van der Waals surface area contributed by atoms with E-state index in [1.807, 2.05) is 6.92 Å². The highest BCUT2D eigenvalue weighted by molar-refractivity contribution is 5.31. The average Bonchev–Trinajstić information content (AvgIpc) is 2.49. The molecule has 118 valence electrons. The zero-order chi connectivity index (χ0) is 15.8. The smallest absolute Gasteiger partial charge is 0.115 e. The predicted octanol–water partition coefficient (Wildman–Crippen LogP) is 2.40. The molecule has 3 nitrogen and oxygen atoms in total. The van der Waals surface area contributed by atoms with Crippen LogP contribution < -0.4 is 0 Å². The first-order valence-electron chi connectivity index (χ1n) is 7.85. The molecule has 3 heteroatoms. The third-order valence-electron chi connectivity index (χ3n) is 3.07. The number of hydrogen-bond donors (Lipinski definition) is 3. The SMILES string of the molecule is CCC(O)C#CC#CC=CC(O)CCCCCCCCO. The summed E-state index contributed by atoms with van der Waals surface area (Å²) in [7, 11) is 0. The molecule has 0 heterocycles. The van der Waals surface area contributed by atoms with Crippen LogP contribution in [0.1, 0.15) is 58.3 Å². The molecule has 0 aromatic carbocycles. The second-order valence-electron chi connectivity index (χ2n) is 5.02. The number of unbranched alkanes of at least 4 members (excludes halogenated alkanes) is 5. The molecule has 0 saturated heterocycles. The van der Waals surface area contributed by atoms with E-state index in [9.17, 15) is 10.2 Å². The van der Waals surface area contributed by atoms with Gasteiger partial charge in [-0.15, -0.1) is 0 Å². The summed E-state index contributed by atoms with van der Waals surface area (Å²) < 4.78 is 0. The first kappa shape index (κ1) is 19.7. The van der Waals surface area contributed by atoms with Gasteiger partial charge in [-0.2, -0.15) is 0 Å². The van der Waals surface area contributed by atoms with Crippen molar-refractivity contribution in [1.82, 2.24) is 0 Å². The van der Waals surface area contributed by atoms with Crippen molar-refractivity contribution in [3.8, 4) is 23.7 Å². The largest absolute Gasteiger partial charge is 0.396 e. The Balaban J connectivity index is 3.64. The van der Waals surface area contributed by atoms with Crippen LogP contribution in [0.2, 0.25) is 0 Å². The summed E-state index contributed by atoms with van der Waals surface area (Å²) in [5, 5.41) is 27.5. The molecule has 0 aliphatic rings. The first-order chi connectivity index (χ1) is 10.2. The van der Waals surface area contributed by atoms with Crippen LogP contribution >= 0.6 is 0 Å². The molecule has 0 aromatic heterocycles. The molecule has 0 spiro atoms. The van der Waals surface area contributed by atoms with E-state index in [0.717, 1.165) is 44.9 Å². The van der Waals surface area contributed by atoms with Crippen LogP contribution in [0.4, 0.5) is 0 Å². The van der Waals surface area contributed by atoms with Gasteiger partial charge in [0.2, 0.25) is 0 Å². The fourth-order valence-electron chi connectivity index (χ4n) is 1.73. The Morgan fingerprint density at radius 1 is 0.952 bits per heavy atom. The average molecular weight is 292 g/mol. The maximum atomic E-state index is 9.71. The summed E-state index contributed by atoms with van der Waals surface area (Å²) in [5.41, 5.74) is 0. The van der Waals surface area contributed by atoms with E-state index in [2.05, 4.69) is 23.7 Å². The van der Waals surface area contributed by atoms with E-state index in [1.54, 1.807) is 12.2 Å². The number of aliphatic hydroxyl groups excluding tert-OH is 3. The molecule has 0 bridgehead atoms. The molecular weight excluding hydrogens is 264 g/mol. The lowest BCUT2D eigenvalue weighted by atomic mass is 10.1. The van der Waals surface area contributed by atoms with E-state index in [-0.39, 0.29) is 6.61 Å². The molecule has 0 radical (unpaired) electrons. The summed E-state index contributed by atoms with van der Waals surface area (Å²) in [6.45, 7) is 2.14. The van der Waals surface area contributed by atoms with Crippen molar-refractivity contribution in [3.63, 3.8) is 0 Å². The van der Waals surface area contributed by atoms with Gasteiger partial charge in [0.25, 0.3) is 0 Å². The summed E-state index contributed by atoms with van der Waals surface area (Å²) in [4.78, 5) is 0. The van der Waals surface area contributed by atoms with E-state index in [0.29, 0.717) is 6.42 Å². The lowest BCUT2D eigenvalue weighted by molar-refractivity contribution is 0.208. The fourth-order valence-corrected chi connectivity index (χ4v) is 1.73. The standard InChI is InChI=1S/C18H28O3/c1-2-17(20)13-9-6-7-11-15-18(21)14-10-5-3-4-8-12-16-19/h11,15,17-21H,2-5,8,10,12,14,16H2,1H3. The summed E-state index contributed by atoms with van der Waals surface area (Å²) >= 11 is 0. The second kappa shape index (κ2) is 15.1. The van der Waals surface area contributed by atoms with E-state index in [1.165, 1.54) is 0 Å². The molecule has 0 aromatic rings. The molecule has 0 aliphatic carbocycles. The van der Waals surface area contributed by atoms with Gasteiger partial charge in [0.15, 0.2) is 0 Å². The molecule has 0 aliphatic heterocycles. The molecule has 2 unspecified atom stereocenters. The third-order valence-corrected chi connectivity index (χ3v) is 3.07. The predicted molar refractivity (Wildman–Crippen MR) is 86.4 cm³/mol. The molecule has 21 heavy (non-hydrogen) atoms. The minimum absolute atomic E-state index is 0.284. The Kier molecular flexibility index (Phi) is 14.2. The van der Waals surface area contributed by atoms with E-state index >= 15 is 0 Å². The number of allylic oxidation sites excluding steroid dienone is 1. The Hall–Kier alpha value is -1.26. The minimum atomic E-state index is -0.605. The Labute approximate surface area is 129 Å². The van der Waals surface area contributed by atoms with Crippen LogP contribution in [0, 0.1) is 23.7 Å². The normalized spacial score (nSPS) is 13.1. The second-order valence-corrected chi connectivity index (χ2v) is 5.02. The van der Waals surface area contributed by atoms with Gasteiger partial charge >= 0.3 is 0 Å². The lowest BCUT2D eigenvalue weighted by Gasteiger charge is -2.04. The van der Waals surface area contributed by atoms with Crippen LogP contribution in [0.25, 0.3) is 0 Å². The van der Waals surface area contributed by atoms with Crippen LogP contribution in [-0.4, -0.2) is 34.1 Å². The van der Waals surface area contributed by atoms with Crippen molar-refractivity contribution >= 4 is 0 Å². The molecule has 0 rings (SSSR count). The summed E-state index contributed by atoms with van der Waals surface area (Å²) in [6.07, 6.45) is 9.98. The zero-order valence-corrected chi connectivity index (χ0v) is 13.0. The number of rotatable bonds is 10. The van der Waals surface area contributed by atoms with Crippen LogP contribution in [0.5, 0.6) is 0 Å². The van der Waals surface area contributed by atoms with Crippen LogP contribution in [0.15, 0.2) is 12.2 Å². The molecule has 0 fully saturated rings. The van der Waals surface area contributed by atoms with Crippen molar-refractivity contribution in [3.05, 3.63) is 12.2 Å². The lowest BCUT2D eigenvalue weighted by Crippen LogP contribution is -2.01. The highest BCUT2D eigenvalue weighted by Crippen LogP contribution is 2.09. The summed E-state index contributed by atoms with van der Waals surface area (Å²) in [5.74, 6) is 10.5. The first-order valence-corrected chi connectivity index (χ1v) is 7.85. The monoisotopic (exact) mass is 292 g/mol. The molecular formula is C18H28O3. The van der Waals surface area contributed by atoms with Crippen LogP contribution in [0.3, 0.4) is 0 Å². The van der Waals surface area contributed by atoms with Crippen molar-refractivity contribution in [2.75, 3.05) is 6.61 Å². The topological polar surface area (TPSA) is 60.7 Å². The van der Waals surface area contributed by atoms with Gasteiger partial charge in [-0.25, -0.2) is 0 Å². The molecule has 0 amide bonds. The summed E-state index contributed by atoms with van der Waals surface area (Å²) in [6, 6.07) is 0. The molecule has 2 atom stereocenters. The Morgan fingerprint density at radius 2 is 1.62 bits per heavy atom. The van der Waals surface area contributed by atoms with Crippen molar-refractivity contribution in [2.24, 2.45) is 0 Å². The third kappa shape index (κ3) is 15.0. The van der Waals surface area contributed by atoms with Gasteiger partial charge in [-0.1, -0.05) is 50.9 Å². The van der Waals surface area contributed by atoms with E-state index in [4.69, 9.17) is 5.11 Å². The zero-order valence-electron chi connectivity index (χ0n) is 13.0. The Bertz CT molecular complexity index is 379. The maximum absolute atomic E-state index is 9.71. The van der Waals surface area contributed by atoms with Gasteiger partial charge in [0.05, 0.1) is 6.10 Å². The van der Waals surface area contributed by atoms with Crippen molar-refractivity contribution in [1.29, 1.82) is 0 Å². The van der Waals surface area contributed by atoms with Gasteiger partial charge in [0, 0.05) is 6.61 Å². The van der Waals surface area contributed by atoms with Gasteiger partial charge in [-0.05, 0) is 43.3 Å². The highest BCUT2D eigenvalue weighted by atomic mass is 16.3. The number of hydrogen-bond acceptors (Lipinski definition) is 3. The van der Waals surface area contributed by atoms with Crippen molar-refractivity contribution < 1.29 is 15.3 Å². The van der Waals surface area contributed by atoms with Gasteiger partial charge in [0.1, 0.15) is 6.10 Å². The minimum Gasteiger partial charge on any atom is -0.396 e. The maximum Gasteiger partial charge on any atom is 0.115 e. The van der Waals surface area contributed by atoms with Gasteiger partial charge in [-0.3, -0.25) is 0 Å². The van der Waals surface area contributed by atoms with Crippen molar-refractivity contribution in [2.45, 2.75) is 70.5 Å². The van der Waals surface area contributed by atoms with E-state index < -0.39 is 12.2 Å². The fraction of sp³-hybridized carbons (Fsp3) is 0.667. The quantitative estimate of drug-likeness (QED) is 0.428. The molecule has 3 N–H and O–H groups in total. The highest BCUT2D eigenvalue weighted by Gasteiger charge is 1.98. The Morgan fingerprint density at radius 3 is 2.29 bits per heavy atom.